The minimum Gasteiger partial charge on any atom is -0.364 e. The maximum Gasteiger partial charge on any atom is 0.269 e. The van der Waals surface area contributed by atoms with Crippen molar-refractivity contribution in [1.82, 2.24) is 14.8 Å². The van der Waals surface area contributed by atoms with Gasteiger partial charge in [0.25, 0.3) is 5.91 Å². The second-order valence-corrected chi connectivity index (χ2v) is 3.20. The highest BCUT2D eigenvalue weighted by molar-refractivity contribution is 5.90. The molecule has 0 aliphatic heterocycles. The van der Waals surface area contributed by atoms with E-state index in [0.717, 1.165) is 5.56 Å². The molecule has 2 heterocycles. The maximum absolute atomic E-state index is 10.8. The summed E-state index contributed by atoms with van der Waals surface area (Å²) in [5.41, 5.74) is 6.41. The van der Waals surface area contributed by atoms with E-state index in [1.54, 1.807) is 18.5 Å². The Morgan fingerprint density at radius 2 is 2.27 bits per heavy atom. The van der Waals surface area contributed by atoms with Crippen molar-refractivity contribution in [2.45, 2.75) is 6.92 Å². The molecular weight excluding hydrogens is 192 g/mol. The van der Waals surface area contributed by atoms with Crippen LogP contribution in [0.3, 0.4) is 0 Å². The summed E-state index contributed by atoms with van der Waals surface area (Å²) in [4.78, 5) is 15.0. The maximum atomic E-state index is 10.8. The van der Waals surface area contributed by atoms with Crippen molar-refractivity contribution in [3.63, 3.8) is 0 Å². The molecular formula is C10H10N4O. The molecule has 5 nitrogen and oxygen atoms in total. The monoisotopic (exact) mass is 202 g/mol. The molecule has 0 aromatic carbocycles. The van der Waals surface area contributed by atoms with Gasteiger partial charge in [0.15, 0.2) is 5.82 Å². The number of nitrogens with zero attached hydrogens (tertiary/aromatic N) is 3. The van der Waals surface area contributed by atoms with Crippen LogP contribution in [0.1, 0.15) is 16.1 Å². The summed E-state index contributed by atoms with van der Waals surface area (Å²) in [5.74, 6) is 0.129. The number of carbonyl (C=O) groups is 1. The van der Waals surface area contributed by atoms with Crippen molar-refractivity contribution in [3.05, 3.63) is 41.9 Å². The Balaban J connectivity index is 2.41. The van der Waals surface area contributed by atoms with Crippen LogP contribution in [-0.2, 0) is 0 Å². The zero-order valence-electron chi connectivity index (χ0n) is 8.21. The Bertz CT molecular complexity index is 504. The first kappa shape index (κ1) is 9.39. The molecule has 0 radical (unpaired) electrons. The van der Waals surface area contributed by atoms with E-state index < -0.39 is 5.91 Å². The van der Waals surface area contributed by atoms with Crippen molar-refractivity contribution in [2.75, 3.05) is 0 Å². The van der Waals surface area contributed by atoms with Crippen LogP contribution in [0.2, 0.25) is 0 Å². The molecule has 5 heteroatoms. The third-order valence-electron chi connectivity index (χ3n) is 1.98. The third-order valence-corrected chi connectivity index (χ3v) is 1.98. The molecule has 0 saturated carbocycles. The lowest BCUT2D eigenvalue weighted by atomic mass is 10.3. The zero-order valence-corrected chi connectivity index (χ0v) is 8.21. The Labute approximate surface area is 86.5 Å². The molecule has 15 heavy (non-hydrogen) atoms. The molecule has 2 aromatic heterocycles. The van der Waals surface area contributed by atoms with Gasteiger partial charge in [-0.1, -0.05) is 0 Å². The van der Waals surface area contributed by atoms with Crippen molar-refractivity contribution < 1.29 is 4.79 Å². The van der Waals surface area contributed by atoms with Gasteiger partial charge in [-0.15, -0.1) is 0 Å². The summed E-state index contributed by atoms with van der Waals surface area (Å²) in [6.07, 6.45) is 3.35. The topological polar surface area (TPSA) is 73.8 Å². The number of aryl methyl sites for hydroxylation is 1. The standard InChI is InChI=1S/C10H10N4O/c1-7-2-4-12-9(6-7)14-5-3-8(13-14)10(11)15/h2-6H,1H3,(H2,11,15). The van der Waals surface area contributed by atoms with E-state index in [9.17, 15) is 4.79 Å². The molecule has 0 atom stereocenters. The van der Waals surface area contributed by atoms with Gasteiger partial charge >= 0.3 is 0 Å². The number of rotatable bonds is 2. The van der Waals surface area contributed by atoms with Crippen LogP contribution in [0.4, 0.5) is 0 Å². The average Bonchev–Trinajstić information content (AvgIpc) is 2.66. The largest absolute Gasteiger partial charge is 0.364 e. The molecule has 0 spiro atoms. The van der Waals surface area contributed by atoms with Crippen LogP contribution >= 0.6 is 0 Å². The van der Waals surface area contributed by atoms with E-state index in [4.69, 9.17) is 5.73 Å². The number of aromatic nitrogens is 3. The average molecular weight is 202 g/mol. The van der Waals surface area contributed by atoms with E-state index in [-0.39, 0.29) is 5.69 Å². The van der Waals surface area contributed by atoms with Gasteiger partial charge in [0.05, 0.1) is 0 Å². The third kappa shape index (κ3) is 1.85. The summed E-state index contributed by atoms with van der Waals surface area (Å²) >= 11 is 0. The number of hydrogen-bond acceptors (Lipinski definition) is 3. The molecule has 2 rings (SSSR count). The normalized spacial score (nSPS) is 10.2. The number of nitrogens with two attached hydrogens (primary N) is 1. The summed E-state index contributed by atoms with van der Waals surface area (Å²) in [6, 6.07) is 5.33. The number of amides is 1. The first-order valence-electron chi connectivity index (χ1n) is 4.45. The van der Waals surface area contributed by atoms with Crippen LogP contribution in [0.25, 0.3) is 5.82 Å². The molecule has 2 N–H and O–H groups in total. The highest BCUT2D eigenvalue weighted by atomic mass is 16.1. The number of pyridine rings is 1. The van der Waals surface area contributed by atoms with Crippen molar-refractivity contribution in [3.8, 4) is 5.82 Å². The van der Waals surface area contributed by atoms with Crippen molar-refractivity contribution >= 4 is 5.91 Å². The molecule has 76 valence electrons. The lowest BCUT2D eigenvalue weighted by molar-refractivity contribution is 0.0995. The fraction of sp³-hybridized carbons (Fsp3) is 0.100. The fourth-order valence-electron chi connectivity index (χ4n) is 1.23. The Morgan fingerprint density at radius 3 is 2.87 bits per heavy atom. The highest BCUT2D eigenvalue weighted by Crippen LogP contribution is 2.06. The second-order valence-electron chi connectivity index (χ2n) is 3.20. The van der Waals surface area contributed by atoms with Gasteiger partial charge in [-0.2, -0.15) is 5.10 Å². The lowest BCUT2D eigenvalue weighted by Gasteiger charge is -2.00. The Kier molecular flexibility index (Phi) is 2.21. The number of primary amides is 1. The van der Waals surface area contributed by atoms with Gasteiger partial charge in [0.1, 0.15) is 5.69 Å². The zero-order chi connectivity index (χ0) is 10.8. The van der Waals surface area contributed by atoms with E-state index in [1.807, 2.05) is 19.1 Å². The number of hydrogen-bond donors (Lipinski definition) is 1. The predicted molar refractivity (Wildman–Crippen MR) is 54.6 cm³/mol. The molecule has 0 aliphatic rings. The Morgan fingerprint density at radius 1 is 1.47 bits per heavy atom. The van der Waals surface area contributed by atoms with Gasteiger partial charge in [0.2, 0.25) is 0 Å². The molecule has 0 unspecified atom stereocenters. The summed E-state index contributed by atoms with van der Waals surface area (Å²) in [5, 5.41) is 4.00. The number of carbonyl (C=O) groups excluding carboxylic acids is 1. The lowest BCUT2D eigenvalue weighted by Crippen LogP contribution is -2.12. The predicted octanol–water partition coefficient (Wildman–Crippen LogP) is 0.675. The van der Waals surface area contributed by atoms with E-state index >= 15 is 0 Å². The van der Waals surface area contributed by atoms with Crippen LogP contribution < -0.4 is 5.73 Å². The molecule has 1 amide bonds. The van der Waals surface area contributed by atoms with Gasteiger partial charge in [-0.3, -0.25) is 4.79 Å². The Hall–Kier alpha value is -2.17. The van der Waals surface area contributed by atoms with Crippen LogP contribution in [0.15, 0.2) is 30.6 Å². The first-order valence-corrected chi connectivity index (χ1v) is 4.45. The molecule has 0 saturated heterocycles. The first-order chi connectivity index (χ1) is 7.16. The van der Waals surface area contributed by atoms with Gasteiger partial charge in [-0.05, 0) is 30.7 Å². The van der Waals surface area contributed by atoms with Crippen molar-refractivity contribution in [1.29, 1.82) is 0 Å². The van der Waals surface area contributed by atoms with E-state index in [1.165, 1.54) is 4.68 Å². The van der Waals surface area contributed by atoms with Crippen LogP contribution in [0.5, 0.6) is 0 Å². The SMILES string of the molecule is Cc1ccnc(-n2ccc(C(N)=O)n2)c1. The molecule has 0 aliphatic carbocycles. The minimum absolute atomic E-state index is 0.235. The van der Waals surface area contributed by atoms with Crippen LogP contribution in [0, 0.1) is 6.92 Å². The molecule has 2 aromatic rings. The van der Waals surface area contributed by atoms with E-state index in [0.29, 0.717) is 5.82 Å². The minimum atomic E-state index is -0.540. The van der Waals surface area contributed by atoms with Crippen LogP contribution in [-0.4, -0.2) is 20.7 Å². The second kappa shape index (κ2) is 3.53. The molecule has 0 fully saturated rings. The summed E-state index contributed by atoms with van der Waals surface area (Å²) in [7, 11) is 0. The fourth-order valence-corrected chi connectivity index (χ4v) is 1.23. The van der Waals surface area contributed by atoms with E-state index in [2.05, 4.69) is 10.1 Å². The smallest absolute Gasteiger partial charge is 0.269 e. The summed E-state index contributed by atoms with van der Waals surface area (Å²) in [6.45, 7) is 1.96. The highest BCUT2D eigenvalue weighted by Gasteiger charge is 2.06. The van der Waals surface area contributed by atoms with Crippen molar-refractivity contribution in [2.24, 2.45) is 5.73 Å². The van der Waals surface area contributed by atoms with Gasteiger partial charge in [-0.25, -0.2) is 9.67 Å². The van der Waals surface area contributed by atoms with Gasteiger partial charge < -0.3 is 5.73 Å². The van der Waals surface area contributed by atoms with Gasteiger partial charge in [0, 0.05) is 12.4 Å². The quantitative estimate of drug-likeness (QED) is 0.778. The molecule has 0 bridgehead atoms. The summed E-state index contributed by atoms with van der Waals surface area (Å²) < 4.78 is 1.52.